The van der Waals surface area contributed by atoms with Crippen LogP contribution in [0.4, 0.5) is 11.4 Å². The SMILES string of the molecule is COc1cc(NC(=O)CN2CC(=O)Oc3ccc(C)cc32)c(OC)cc1Cl. The minimum absolute atomic E-state index is 0.00898. The number of amides is 1. The van der Waals surface area contributed by atoms with Gasteiger partial charge in [-0.3, -0.25) is 4.79 Å². The molecule has 0 bridgehead atoms. The van der Waals surface area contributed by atoms with E-state index in [0.29, 0.717) is 33.6 Å². The molecule has 0 fully saturated rings. The highest BCUT2D eigenvalue weighted by Gasteiger charge is 2.26. The Balaban J connectivity index is 1.81. The van der Waals surface area contributed by atoms with Crippen LogP contribution >= 0.6 is 11.6 Å². The largest absolute Gasteiger partial charge is 0.495 e. The normalized spacial score (nSPS) is 12.9. The lowest BCUT2D eigenvalue weighted by Crippen LogP contribution is -2.41. The molecule has 0 aromatic heterocycles. The third-order valence-electron chi connectivity index (χ3n) is 4.08. The van der Waals surface area contributed by atoms with Crippen molar-refractivity contribution in [3.63, 3.8) is 0 Å². The number of halogens is 1. The number of hydrogen-bond acceptors (Lipinski definition) is 6. The molecule has 2 aromatic rings. The van der Waals surface area contributed by atoms with Crippen molar-refractivity contribution in [2.75, 3.05) is 37.5 Å². The van der Waals surface area contributed by atoms with E-state index in [1.165, 1.54) is 14.2 Å². The van der Waals surface area contributed by atoms with Crippen molar-refractivity contribution < 1.29 is 23.8 Å². The minimum atomic E-state index is -0.412. The molecule has 1 amide bonds. The summed E-state index contributed by atoms with van der Waals surface area (Å²) in [5.41, 5.74) is 2.12. The highest BCUT2D eigenvalue weighted by atomic mass is 35.5. The third-order valence-corrected chi connectivity index (χ3v) is 4.38. The molecule has 0 aliphatic carbocycles. The van der Waals surface area contributed by atoms with Crippen LogP contribution < -0.4 is 24.4 Å². The van der Waals surface area contributed by atoms with Crippen molar-refractivity contribution in [3.05, 3.63) is 40.9 Å². The molecule has 0 unspecified atom stereocenters. The summed E-state index contributed by atoms with van der Waals surface area (Å²) in [5.74, 6) is 0.527. The lowest BCUT2D eigenvalue weighted by molar-refractivity contribution is -0.133. The van der Waals surface area contributed by atoms with Crippen LogP contribution in [0.25, 0.3) is 0 Å². The summed E-state index contributed by atoms with van der Waals surface area (Å²) in [6.45, 7) is 1.89. The van der Waals surface area contributed by atoms with Crippen molar-refractivity contribution in [2.45, 2.75) is 6.92 Å². The van der Waals surface area contributed by atoms with Crippen LogP contribution in [-0.2, 0) is 9.59 Å². The Bertz CT molecular complexity index is 900. The Labute approximate surface area is 161 Å². The molecule has 0 atom stereocenters. The zero-order chi connectivity index (χ0) is 19.6. The van der Waals surface area contributed by atoms with Crippen LogP contribution in [0.5, 0.6) is 17.2 Å². The molecule has 3 rings (SSSR count). The van der Waals surface area contributed by atoms with Crippen molar-refractivity contribution in [1.82, 2.24) is 0 Å². The quantitative estimate of drug-likeness (QED) is 0.624. The standard InChI is InChI=1S/C19H19ClN2O5/c1-11-4-5-15-14(6-11)22(10-19(24)27-15)9-18(23)21-13-8-16(25-2)12(20)7-17(13)26-3/h4-8H,9-10H2,1-3H3,(H,21,23). The van der Waals surface area contributed by atoms with Gasteiger partial charge in [0, 0.05) is 12.1 Å². The first-order valence-corrected chi connectivity index (χ1v) is 8.56. The Morgan fingerprint density at radius 1 is 1.22 bits per heavy atom. The lowest BCUT2D eigenvalue weighted by atomic mass is 10.1. The van der Waals surface area contributed by atoms with E-state index in [1.807, 2.05) is 19.1 Å². The number of aryl methyl sites for hydroxylation is 1. The number of benzene rings is 2. The average molecular weight is 391 g/mol. The van der Waals surface area contributed by atoms with Gasteiger partial charge in [-0.1, -0.05) is 17.7 Å². The molecule has 1 N–H and O–H groups in total. The lowest BCUT2D eigenvalue weighted by Gasteiger charge is -2.29. The van der Waals surface area contributed by atoms with Gasteiger partial charge in [0.25, 0.3) is 0 Å². The number of fused-ring (bicyclic) bond motifs is 1. The molecule has 0 saturated carbocycles. The summed E-state index contributed by atoms with van der Waals surface area (Å²) >= 11 is 6.08. The maximum Gasteiger partial charge on any atom is 0.331 e. The number of anilines is 2. The second-order valence-electron chi connectivity index (χ2n) is 6.04. The Morgan fingerprint density at radius 3 is 2.67 bits per heavy atom. The third kappa shape index (κ3) is 4.09. The maximum atomic E-state index is 12.6. The van der Waals surface area contributed by atoms with E-state index in [1.54, 1.807) is 23.1 Å². The second-order valence-corrected chi connectivity index (χ2v) is 6.44. The van der Waals surface area contributed by atoms with Crippen LogP contribution in [0.15, 0.2) is 30.3 Å². The molecular formula is C19H19ClN2O5. The van der Waals surface area contributed by atoms with E-state index in [9.17, 15) is 9.59 Å². The Kier molecular flexibility index (Phi) is 5.41. The number of hydrogen-bond donors (Lipinski definition) is 1. The van der Waals surface area contributed by atoms with Crippen molar-refractivity contribution in [3.8, 4) is 17.2 Å². The number of ether oxygens (including phenoxy) is 3. The van der Waals surface area contributed by atoms with Gasteiger partial charge in [0.05, 0.1) is 37.2 Å². The number of carbonyl (C=O) groups is 2. The van der Waals surface area contributed by atoms with E-state index in [4.69, 9.17) is 25.8 Å². The topological polar surface area (TPSA) is 77.1 Å². The fourth-order valence-corrected chi connectivity index (χ4v) is 3.05. The zero-order valence-electron chi connectivity index (χ0n) is 15.2. The van der Waals surface area contributed by atoms with Crippen LogP contribution in [0.3, 0.4) is 0 Å². The van der Waals surface area contributed by atoms with Gasteiger partial charge in [-0.25, -0.2) is 4.79 Å². The zero-order valence-corrected chi connectivity index (χ0v) is 15.9. The van der Waals surface area contributed by atoms with Gasteiger partial charge in [-0.15, -0.1) is 0 Å². The molecule has 27 heavy (non-hydrogen) atoms. The second kappa shape index (κ2) is 7.75. The Hall–Kier alpha value is -2.93. The predicted octanol–water partition coefficient (Wildman–Crippen LogP) is 3.03. The first-order valence-electron chi connectivity index (χ1n) is 8.19. The van der Waals surface area contributed by atoms with Crippen LogP contribution in [0, 0.1) is 6.92 Å². The maximum absolute atomic E-state index is 12.6. The average Bonchev–Trinajstić information content (AvgIpc) is 2.63. The summed E-state index contributed by atoms with van der Waals surface area (Å²) in [7, 11) is 2.96. The highest BCUT2D eigenvalue weighted by molar-refractivity contribution is 6.32. The summed E-state index contributed by atoms with van der Waals surface area (Å²) in [6, 6.07) is 8.59. The van der Waals surface area contributed by atoms with Crippen LogP contribution in [0.2, 0.25) is 5.02 Å². The first-order chi connectivity index (χ1) is 12.9. The van der Waals surface area contributed by atoms with Gasteiger partial charge >= 0.3 is 5.97 Å². The summed E-state index contributed by atoms with van der Waals surface area (Å²) < 4.78 is 15.7. The van der Waals surface area contributed by atoms with E-state index in [2.05, 4.69) is 5.32 Å². The van der Waals surface area contributed by atoms with E-state index >= 15 is 0 Å². The molecule has 8 heteroatoms. The molecule has 1 aliphatic heterocycles. The molecule has 1 aliphatic rings. The fraction of sp³-hybridized carbons (Fsp3) is 0.263. The Morgan fingerprint density at radius 2 is 1.96 bits per heavy atom. The van der Waals surface area contributed by atoms with E-state index in [0.717, 1.165) is 5.56 Å². The van der Waals surface area contributed by atoms with E-state index in [-0.39, 0.29) is 19.0 Å². The molecular weight excluding hydrogens is 372 g/mol. The minimum Gasteiger partial charge on any atom is -0.495 e. The van der Waals surface area contributed by atoms with Crippen LogP contribution in [0.1, 0.15) is 5.56 Å². The summed E-state index contributed by atoms with van der Waals surface area (Å²) in [6.07, 6.45) is 0. The number of rotatable bonds is 5. The van der Waals surface area contributed by atoms with Gasteiger partial charge < -0.3 is 24.4 Å². The van der Waals surface area contributed by atoms with Gasteiger partial charge in [-0.2, -0.15) is 0 Å². The summed E-state index contributed by atoms with van der Waals surface area (Å²) in [4.78, 5) is 26.1. The number of nitrogens with one attached hydrogen (secondary N) is 1. The van der Waals surface area contributed by atoms with E-state index < -0.39 is 5.97 Å². The molecule has 142 valence electrons. The number of nitrogens with zero attached hydrogens (tertiary/aromatic N) is 1. The predicted molar refractivity (Wildman–Crippen MR) is 102 cm³/mol. The molecule has 0 saturated heterocycles. The number of carbonyl (C=O) groups excluding carboxylic acids is 2. The van der Waals surface area contributed by atoms with Gasteiger partial charge in [0.2, 0.25) is 5.91 Å². The van der Waals surface area contributed by atoms with Crippen LogP contribution in [-0.4, -0.2) is 39.2 Å². The fourth-order valence-electron chi connectivity index (χ4n) is 2.82. The monoisotopic (exact) mass is 390 g/mol. The molecule has 7 nitrogen and oxygen atoms in total. The molecule has 1 heterocycles. The molecule has 0 spiro atoms. The van der Waals surface area contributed by atoms with Gasteiger partial charge in [0.15, 0.2) is 5.75 Å². The highest BCUT2D eigenvalue weighted by Crippen LogP contribution is 2.36. The molecule has 0 radical (unpaired) electrons. The van der Waals surface area contributed by atoms with Gasteiger partial charge in [-0.05, 0) is 24.6 Å². The first kappa shape index (κ1) is 18.8. The number of methoxy groups -OCH3 is 2. The van der Waals surface area contributed by atoms with Crippen molar-refractivity contribution in [2.24, 2.45) is 0 Å². The van der Waals surface area contributed by atoms with Crippen molar-refractivity contribution in [1.29, 1.82) is 0 Å². The van der Waals surface area contributed by atoms with Crippen molar-refractivity contribution >= 4 is 34.9 Å². The number of esters is 1. The summed E-state index contributed by atoms with van der Waals surface area (Å²) in [5, 5.41) is 3.15. The molecule has 2 aromatic carbocycles. The van der Waals surface area contributed by atoms with Gasteiger partial charge in [0.1, 0.15) is 18.0 Å². The smallest absolute Gasteiger partial charge is 0.331 e.